The Balaban J connectivity index is 1.54. The van der Waals surface area contributed by atoms with Crippen LogP contribution in [0.15, 0.2) is 42.5 Å². The van der Waals surface area contributed by atoms with Crippen LogP contribution in [0.5, 0.6) is 0 Å². The summed E-state index contributed by atoms with van der Waals surface area (Å²) in [7, 11) is 0. The van der Waals surface area contributed by atoms with Gasteiger partial charge >= 0.3 is 0 Å². The number of benzene rings is 2. The Bertz CT molecular complexity index is 893. The third kappa shape index (κ3) is 3.65. The minimum atomic E-state index is -0.501. The van der Waals surface area contributed by atoms with Gasteiger partial charge in [0.15, 0.2) is 0 Å². The van der Waals surface area contributed by atoms with Crippen LogP contribution in [0, 0.1) is 5.92 Å². The molecule has 27 heavy (non-hydrogen) atoms. The van der Waals surface area contributed by atoms with Crippen molar-refractivity contribution in [2.75, 3.05) is 23.3 Å². The molecule has 2 aromatic carbocycles. The molecule has 140 valence electrons. The third-order valence-corrected chi connectivity index (χ3v) is 5.76. The lowest BCUT2D eigenvalue weighted by Crippen LogP contribution is -2.23. The summed E-state index contributed by atoms with van der Waals surface area (Å²) in [4.78, 5) is 26.6. The number of rotatable bonds is 5. The largest absolute Gasteiger partial charge is 0.370 e. The Hall–Kier alpha value is -2.53. The van der Waals surface area contributed by atoms with Gasteiger partial charge in [-0.15, -0.1) is 0 Å². The summed E-state index contributed by atoms with van der Waals surface area (Å²) in [6.45, 7) is 1.90. The van der Waals surface area contributed by atoms with Crippen molar-refractivity contribution < 1.29 is 9.59 Å². The molecule has 1 aliphatic carbocycles. The molecule has 1 saturated heterocycles. The molecule has 2 amide bonds. The predicted molar refractivity (Wildman–Crippen MR) is 107 cm³/mol. The summed E-state index contributed by atoms with van der Waals surface area (Å²) in [5.74, 6) is -0.498. The lowest BCUT2D eigenvalue weighted by molar-refractivity contribution is -0.117. The van der Waals surface area contributed by atoms with Gasteiger partial charge in [-0.2, -0.15) is 0 Å². The van der Waals surface area contributed by atoms with Crippen LogP contribution in [-0.4, -0.2) is 24.9 Å². The minimum absolute atomic E-state index is 0.0398. The Morgan fingerprint density at radius 1 is 1.11 bits per heavy atom. The molecular weight excluding hydrogens is 362 g/mol. The smallest absolute Gasteiger partial charge is 0.248 e. The van der Waals surface area contributed by atoms with Crippen LogP contribution in [0.3, 0.4) is 0 Å². The maximum atomic E-state index is 12.8. The second kappa shape index (κ2) is 7.24. The van der Waals surface area contributed by atoms with Crippen molar-refractivity contribution in [1.29, 1.82) is 0 Å². The second-order valence-corrected chi connectivity index (χ2v) is 7.66. The number of carbonyl (C=O) groups excluding carboxylic acids is 2. The summed E-state index contributed by atoms with van der Waals surface area (Å²) >= 11 is 6.27. The zero-order chi connectivity index (χ0) is 19.0. The standard InChI is InChI=1S/C21H22ClN3O2/c22-17-6-2-1-5-14(17)15-12-16(15)21(27)24-18-11-13(20(23)26)7-8-19(18)25-9-3-4-10-25/h1-2,5-8,11,15-16H,3-4,9-10,12H2,(H2,23,26)(H,24,27)/t15-,16+/m0/s1. The van der Waals surface area contributed by atoms with Crippen molar-refractivity contribution in [3.63, 3.8) is 0 Å². The molecule has 2 fully saturated rings. The Labute approximate surface area is 163 Å². The average molecular weight is 384 g/mol. The van der Waals surface area contributed by atoms with E-state index in [1.807, 2.05) is 30.3 Å². The molecule has 2 atom stereocenters. The fraction of sp³-hybridized carbons (Fsp3) is 0.333. The quantitative estimate of drug-likeness (QED) is 0.824. The van der Waals surface area contributed by atoms with Gasteiger partial charge in [0.05, 0.1) is 11.4 Å². The maximum absolute atomic E-state index is 12.8. The lowest BCUT2D eigenvalue weighted by Gasteiger charge is -2.22. The van der Waals surface area contributed by atoms with E-state index in [4.69, 9.17) is 17.3 Å². The minimum Gasteiger partial charge on any atom is -0.370 e. The molecule has 5 nitrogen and oxygen atoms in total. The Morgan fingerprint density at radius 2 is 1.85 bits per heavy atom. The highest BCUT2D eigenvalue weighted by Gasteiger charge is 2.45. The Morgan fingerprint density at radius 3 is 2.56 bits per heavy atom. The van der Waals surface area contributed by atoms with Gasteiger partial charge < -0.3 is 16.0 Å². The molecule has 0 unspecified atom stereocenters. The molecule has 1 aliphatic heterocycles. The SMILES string of the molecule is NC(=O)c1ccc(N2CCCC2)c(NC(=O)[C@@H]2C[C@H]2c2ccccc2Cl)c1. The van der Waals surface area contributed by atoms with Crippen molar-refractivity contribution in [3.8, 4) is 0 Å². The van der Waals surface area contributed by atoms with E-state index in [0.717, 1.165) is 43.6 Å². The number of anilines is 2. The monoisotopic (exact) mass is 383 g/mol. The van der Waals surface area contributed by atoms with Crippen molar-refractivity contribution in [3.05, 3.63) is 58.6 Å². The zero-order valence-corrected chi connectivity index (χ0v) is 15.7. The normalized spacial score (nSPS) is 21.1. The first-order chi connectivity index (χ1) is 13.0. The molecule has 6 heteroatoms. The van der Waals surface area contributed by atoms with Gasteiger partial charge in [0.1, 0.15) is 0 Å². The van der Waals surface area contributed by atoms with Gasteiger partial charge in [0, 0.05) is 29.6 Å². The van der Waals surface area contributed by atoms with Gasteiger partial charge in [-0.25, -0.2) is 0 Å². The first-order valence-electron chi connectivity index (χ1n) is 9.28. The molecule has 0 spiro atoms. The highest BCUT2D eigenvalue weighted by Crippen LogP contribution is 2.50. The first kappa shape index (κ1) is 17.9. The van der Waals surface area contributed by atoms with Crippen LogP contribution in [0.25, 0.3) is 0 Å². The molecule has 2 aromatic rings. The van der Waals surface area contributed by atoms with E-state index in [-0.39, 0.29) is 17.7 Å². The van der Waals surface area contributed by atoms with E-state index in [0.29, 0.717) is 16.3 Å². The van der Waals surface area contributed by atoms with Crippen LogP contribution in [0.2, 0.25) is 5.02 Å². The molecule has 0 bridgehead atoms. The number of hydrogen-bond acceptors (Lipinski definition) is 3. The third-order valence-electron chi connectivity index (χ3n) is 5.42. The fourth-order valence-corrected chi connectivity index (χ4v) is 4.13. The van der Waals surface area contributed by atoms with Crippen LogP contribution in [-0.2, 0) is 4.79 Å². The molecule has 4 rings (SSSR count). The predicted octanol–water partition coefficient (Wildman–Crippen LogP) is 3.78. The van der Waals surface area contributed by atoms with Gasteiger partial charge in [-0.1, -0.05) is 29.8 Å². The van der Waals surface area contributed by atoms with Crippen LogP contribution < -0.4 is 16.0 Å². The summed E-state index contributed by atoms with van der Waals surface area (Å²) in [6.07, 6.45) is 3.04. The molecule has 2 aliphatic rings. The number of halogens is 1. The van der Waals surface area contributed by atoms with Crippen LogP contribution >= 0.6 is 11.6 Å². The summed E-state index contributed by atoms with van der Waals surface area (Å²) < 4.78 is 0. The van der Waals surface area contributed by atoms with Crippen molar-refractivity contribution in [1.82, 2.24) is 0 Å². The molecule has 1 saturated carbocycles. The number of amides is 2. The summed E-state index contributed by atoms with van der Waals surface area (Å²) in [5, 5.41) is 3.73. The summed E-state index contributed by atoms with van der Waals surface area (Å²) in [5.41, 5.74) is 8.44. The molecule has 1 heterocycles. The highest BCUT2D eigenvalue weighted by molar-refractivity contribution is 6.31. The second-order valence-electron chi connectivity index (χ2n) is 7.25. The number of primary amides is 1. The number of nitrogens with zero attached hydrogens (tertiary/aromatic N) is 1. The van der Waals surface area contributed by atoms with E-state index in [9.17, 15) is 9.59 Å². The van der Waals surface area contributed by atoms with Gasteiger partial charge in [0.25, 0.3) is 0 Å². The topological polar surface area (TPSA) is 75.4 Å². The number of nitrogens with two attached hydrogens (primary N) is 1. The molecule has 0 radical (unpaired) electrons. The van der Waals surface area contributed by atoms with Crippen LogP contribution in [0.1, 0.15) is 41.1 Å². The van der Waals surface area contributed by atoms with E-state index in [2.05, 4.69) is 10.2 Å². The first-order valence-corrected chi connectivity index (χ1v) is 9.66. The van der Waals surface area contributed by atoms with Gasteiger partial charge in [0.2, 0.25) is 11.8 Å². The average Bonchev–Trinajstić information content (AvgIpc) is 3.26. The van der Waals surface area contributed by atoms with E-state index in [1.54, 1.807) is 12.1 Å². The number of hydrogen-bond donors (Lipinski definition) is 2. The Kier molecular flexibility index (Phi) is 4.79. The van der Waals surface area contributed by atoms with Crippen molar-refractivity contribution in [2.45, 2.75) is 25.2 Å². The molecule has 3 N–H and O–H groups in total. The van der Waals surface area contributed by atoms with E-state index in [1.165, 1.54) is 0 Å². The van der Waals surface area contributed by atoms with E-state index < -0.39 is 5.91 Å². The number of nitrogens with one attached hydrogen (secondary N) is 1. The fourth-order valence-electron chi connectivity index (χ4n) is 3.85. The van der Waals surface area contributed by atoms with Crippen LogP contribution in [0.4, 0.5) is 11.4 Å². The van der Waals surface area contributed by atoms with Crippen molar-refractivity contribution >= 4 is 34.8 Å². The van der Waals surface area contributed by atoms with Crippen molar-refractivity contribution in [2.24, 2.45) is 11.7 Å². The van der Waals surface area contributed by atoms with E-state index >= 15 is 0 Å². The van der Waals surface area contributed by atoms with Gasteiger partial charge in [-0.3, -0.25) is 9.59 Å². The molecule has 0 aromatic heterocycles. The maximum Gasteiger partial charge on any atom is 0.248 e. The highest BCUT2D eigenvalue weighted by atomic mass is 35.5. The van der Waals surface area contributed by atoms with Gasteiger partial charge in [-0.05, 0) is 55.0 Å². The zero-order valence-electron chi connectivity index (χ0n) is 15.0. The lowest BCUT2D eigenvalue weighted by atomic mass is 10.1. The summed E-state index contributed by atoms with van der Waals surface area (Å²) in [6, 6.07) is 12.9. The molecular formula is C21H22ClN3O2. The number of carbonyl (C=O) groups is 2.